The highest BCUT2D eigenvalue weighted by molar-refractivity contribution is 7.80. The van der Waals surface area contributed by atoms with Crippen molar-refractivity contribution in [3.8, 4) is 0 Å². The van der Waals surface area contributed by atoms with Crippen LogP contribution in [0.4, 0.5) is 10.7 Å². The van der Waals surface area contributed by atoms with E-state index in [1.165, 1.54) is 18.4 Å². The molecule has 0 aliphatic rings. The van der Waals surface area contributed by atoms with Crippen LogP contribution in [0.3, 0.4) is 0 Å². The van der Waals surface area contributed by atoms with Crippen molar-refractivity contribution in [3.05, 3.63) is 45.8 Å². The van der Waals surface area contributed by atoms with Gasteiger partial charge in [0.25, 0.3) is 5.91 Å². The van der Waals surface area contributed by atoms with Crippen LogP contribution in [0.1, 0.15) is 31.2 Å². The molecule has 6 nitrogen and oxygen atoms in total. The van der Waals surface area contributed by atoms with E-state index in [0.29, 0.717) is 21.8 Å². The molecule has 24 heavy (non-hydrogen) atoms. The van der Waals surface area contributed by atoms with Crippen molar-refractivity contribution in [1.29, 1.82) is 0 Å². The van der Waals surface area contributed by atoms with E-state index >= 15 is 0 Å². The molecule has 0 aliphatic carbocycles. The molecule has 0 bridgehead atoms. The van der Waals surface area contributed by atoms with E-state index in [1.54, 1.807) is 24.3 Å². The highest BCUT2D eigenvalue weighted by Gasteiger charge is 2.21. The number of thiophene rings is 1. The number of carbonyl (C=O) groups is 2. The SMILES string of the molecule is COC(=O)c1c(NC(=S)Nc2ccccc2C(N)=O)sc(C)c1C. The lowest BCUT2D eigenvalue weighted by molar-refractivity contribution is 0.0601. The van der Waals surface area contributed by atoms with Crippen LogP contribution in [-0.4, -0.2) is 24.1 Å². The molecule has 0 saturated carbocycles. The quantitative estimate of drug-likeness (QED) is 0.571. The summed E-state index contributed by atoms with van der Waals surface area (Å²) in [6.07, 6.45) is 0. The molecule has 2 aromatic rings. The van der Waals surface area contributed by atoms with Gasteiger partial charge in [0.2, 0.25) is 0 Å². The lowest BCUT2D eigenvalue weighted by atomic mass is 10.1. The van der Waals surface area contributed by atoms with E-state index in [2.05, 4.69) is 10.6 Å². The summed E-state index contributed by atoms with van der Waals surface area (Å²) in [6, 6.07) is 6.77. The molecule has 0 radical (unpaired) electrons. The van der Waals surface area contributed by atoms with Crippen molar-refractivity contribution in [2.45, 2.75) is 13.8 Å². The number of hydrogen-bond acceptors (Lipinski definition) is 5. The molecule has 0 unspecified atom stereocenters. The van der Waals surface area contributed by atoms with Gasteiger partial charge in [-0.05, 0) is 43.8 Å². The Labute approximate surface area is 149 Å². The molecule has 2 rings (SSSR count). The second kappa shape index (κ2) is 7.41. The maximum atomic E-state index is 12.0. The molecule has 4 N–H and O–H groups in total. The maximum absolute atomic E-state index is 12.0. The van der Waals surface area contributed by atoms with E-state index in [9.17, 15) is 9.59 Å². The molecule has 0 fully saturated rings. The number of anilines is 2. The van der Waals surface area contributed by atoms with Crippen molar-refractivity contribution >= 4 is 51.2 Å². The molecule has 0 aliphatic heterocycles. The number of amides is 1. The van der Waals surface area contributed by atoms with Gasteiger partial charge in [-0.25, -0.2) is 4.79 Å². The fraction of sp³-hybridized carbons (Fsp3) is 0.188. The number of ether oxygens (including phenoxy) is 1. The van der Waals surface area contributed by atoms with Crippen LogP contribution in [0, 0.1) is 13.8 Å². The number of nitrogens with one attached hydrogen (secondary N) is 2. The van der Waals surface area contributed by atoms with Crippen molar-refractivity contribution in [3.63, 3.8) is 0 Å². The molecule has 1 aromatic heterocycles. The van der Waals surface area contributed by atoms with Crippen LogP contribution in [0.15, 0.2) is 24.3 Å². The number of primary amides is 1. The van der Waals surface area contributed by atoms with Crippen molar-refractivity contribution in [2.75, 3.05) is 17.7 Å². The summed E-state index contributed by atoms with van der Waals surface area (Å²) in [5.74, 6) is -0.987. The van der Waals surface area contributed by atoms with Gasteiger partial charge in [-0.15, -0.1) is 11.3 Å². The number of carbonyl (C=O) groups excluding carboxylic acids is 2. The molecule has 0 spiro atoms. The number of benzene rings is 1. The van der Waals surface area contributed by atoms with Crippen LogP contribution in [0.25, 0.3) is 0 Å². The molecule has 1 aromatic carbocycles. The Morgan fingerprint density at radius 2 is 1.88 bits per heavy atom. The third-order valence-corrected chi connectivity index (χ3v) is 4.77. The Kier molecular flexibility index (Phi) is 5.53. The van der Waals surface area contributed by atoms with Gasteiger partial charge < -0.3 is 21.1 Å². The van der Waals surface area contributed by atoms with Gasteiger partial charge in [-0.2, -0.15) is 0 Å². The van der Waals surface area contributed by atoms with Crippen LogP contribution in [-0.2, 0) is 4.74 Å². The predicted molar refractivity (Wildman–Crippen MR) is 99.9 cm³/mol. The number of thiocarbonyl (C=S) groups is 1. The standard InChI is InChI=1S/C16H17N3O3S2/c1-8-9(2)24-14(12(8)15(21)22-3)19-16(23)18-11-7-5-4-6-10(11)13(17)20/h4-7H,1-3H3,(H2,17,20)(H2,18,19,23). The molecule has 1 heterocycles. The van der Waals surface area contributed by atoms with Crippen molar-refractivity contribution < 1.29 is 14.3 Å². The zero-order valence-corrected chi connectivity index (χ0v) is 15.1. The number of nitrogens with two attached hydrogens (primary N) is 1. The Balaban J connectivity index is 2.24. The molecule has 0 atom stereocenters. The zero-order chi connectivity index (χ0) is 17.9. The van der Waals surface area contributed by atoms with Crippen LogP contribution in [0.5, 0.6) is 0 Å². The second-order valence-electron chi connectivity index (χ2n) is 4.97. The number of para-hydroxylation sites is 1. The smallest absolute Gasteiger partial charge is 0.341 e. The first-order chi connectivity index (χ1) is 11.3. The van der Waals surface area contributed by atoms with E-state index < -0.39 is 11.9 Å². The normalized spacial score (nSPS) is 10.1. The first kappa shape index (κ1) is 17.9. The minimum atomic E-state index is -0.557. The van der Waals surface area contributed by atoms with E-state index in [1.807, 2.05) is 13.8 Å². The summed E-state index contributed by atoms with van der Waals surface area (Å²) in [7, 11) is 1.33. The van der Waals surface area contributed by atoms with Gasteiger partial charge in [0.1, 0.15) is 5.00 Å². The average Bonchev–Trinajstić information content (AvgIpc) is 2.81. The summed E-state index contributed by atoms with van der Waals surface area (Å²) in [6.45, 7) is 3.76. The molecule has 126 valence electrons. The van der Waals surface area contributed by atoms with Crippen LogP contribution >= 0.6 is 23.6 Å². The number of esters is 1. The number of hydrogen-bond donors (Lipinski definition) is 3. The minimum Gasteiger partial charge on any atom is -0.465 e. The predicted octanol–water partition coefficient (Wildman–Crippen LogP) is 3.06. The fourth-order valence-electron chi connectivity index (χ4n) is 2.13. The Morgan fingerprint density at radius 1 is 1.21 bits per heavy atom. The zero-order valence-electron chi connectivity index (χ0n) is 13.4. The Morgan fingerprint density at radius 3 is 2.50 bits per heavy atom. The fourth-order valence-corrected chi connectivity index (χ4v) is 3.46. The van der Waals surface area contributed by atoms with Gasteiger partial charge in [-0.1, -0.05) is 12.1 Å². The molecule has 0 saturated heterocycles. The third-order valence-electron chi connectivity index (χ3n) is 3.44. The average molecular weight is 363 g/mol. The molecule has 8 heteroatoms. The minimum absolute atomic E-state index is 0.245. The number of rotatable bonds is 4. The van der Waals surface area contributed by atoms with E-state index in [4.69, 9.17) is 22.7 Å². The topological polar surface area (TPSA) is 93.4 Å². The first-order valence-electron chi connectivity index (χ1n) is 7.00. The van der Waals surface area contributed by atoms with Crippen molar-refractivity contribution in [1.82, 2.24) is 0 Å². The summed E-state index contributed by atoms with van der Waals surface area (Å²) < 4.78 is 4.82. The lowest BCUT2D eigenvalue weighted by Crippen LogP contribution is -2.22. The second-order valence-corrected chi connectivity index (χ2v) is 6.60. The number of methoxy groups -OCH3 is 1. The third kappa shape index (κ3) is 3.72. The lowest BCUT2D eigenvalue weighted by Gasteiger charge is -2.12. The van der Waals surface area contributed by atoms with Gasteiger partial charge in [-0.3, -0.25) is 4.79 Å². The largest absolute Gasteiger partial charge is 0.465 e. The van der Waals surface area contributed by atoms with Gasteiger partial charge in [0.05, 0.1) is 23.9 Å². The maximum Gasteiger partial charge on any atom is 0.341 e. The van der Waals surface area contributed by atoms with Gasteiger partial charge >= 0.3 is 5.97 Å². The molecule has 1 amide bonds. The monoisotopic (exact) mass is 363 g/mol. The van der Waals surface area contributed by atoms with E-state index in [-0.39, 0.29) is 5.11 Å². The van der Waals surface area contributed by atoms with Crippen LogP contribution < -0.4 is 16.4 Å². The van der Waals surface area contributed by atoms with Crippen molar-refractivity contribution in [2.24, 2.45) is 5.73 Å². The van der Waals surface area contributed by atoms with Gasteiger partial charge in [0, 0.05) is 4.88 Å². The highest BCUT2D eigenvalue weighted by Crippen LogP contribution is 2.33. The Bertz CT molecular complexity index is 815. The van der Waals surface area contributed by atoms with E-state index in [0.717, 1.165) is 10.4 Å². The summed E-state index contributed by atoms with van der Waals surface area (Å²) in [4.78, 5) is 24.4. The molecular weight excluding hydrogens is 346 g/mol. The van der Waals surface area contributed by atoms with Gasteiger partial charge in [0.15, 0.2) is 5.11 Å². The number of aryl methyl sites for hydroxylation is 1. The first-order valence-corrected chi connectivity index (χ1v) is 8.22. The summed E-state index contributed by atoms with van der Waals surface area (Å²) >= 11 is 6.68. The Hall–Kier alpha value is -2.45. The summed E-state index contributed by atoms with van der Waals surface area (Å²) in [5, 5.41) is 6.75. The highest BCUT2D eigenvalue weighted by atomic mass is 32.1. The van der Waals surface area contributed by atoms with Crippen LogP contribution in [0.2, 0.25) is 0 Å². The molecular formula is C16H17N3O3S2. The summed E-state index contributed by atoms with van der Waals surface area (Å²) in [5.41, 5.74) is 7.46.